The molecule has 2 rings (SSSR count). The van der Waals surface area contributed by atoms with Gasteiger partial charge in [-0.25, -0.2) is 13.2 Å². The Morgan fingerprint density at radius 3 is 2.41 bits per heavy atom. The van der Waals surface area contributed by atoms with Crippen molar-refractivity contribution >= 4 is 22.1 Å². The monoisotopic (exact) mass is 426 g/mol. The van der Waals surface area contributed by atoms with Gasteiger partial charge < -0.3 is 14.8 Å². The molecule has 1 aromatic rings. The highest BCUT2D eigenvalue weighted by Crippen LogP contribution is 2.26. The lowest BCUT2D eigenvalue weighted by molar-refractivity contribution is -0.148. The molecule has 1 atom stereocenters. The highest BCUT2D eigenvalue weighted by atomic mass is 32.2. The van der Waals surface area contributed by atoms with E-state index in [2.05, 4.69) is 5.32 Å². The number of benzene rings is 1. The van der Waals surface area contributed by atoms with E-state index in [1.165, 1.54) is 16.4 Å². The summed E-state index contributed by atoms with van der Waals surface area (Å²) in [5.41, 5.74) is 0.141. The van der Waals surface area contributed by atoms with Crippen LogP contribution in [-0.2, 0) is 30.8 Å². The zero-order valence-corrected chi connectivity index (χ0v) is 18.3. The molecule has 0 saturated carbocycles. The van der Waals surface area contributed by atoms with Crippen molar-refractivity contribution in [3.8, 4) is 0 Å². The fourth-order valence-corrected chi connectivity index (χ4v) is 4.72. The van der Waals surface area contributed by atoms with Gasteiger partial charge >= 0.3 is 12.1 Å². The Morgan fingerprint density at radius 2 is 1.83 bits per heavy atom. The first-order valence-electron chi connectivity index (χ1n) is 9.79. The van der Waals surface area contributed by atoms with Crippen LogP contribution in [0, 0.1) is 0 Å². The first kappa shape index (κ1) is 23.2. The normalized spacial score (nSPS) is 18.1. The number of rotatable bonds is 6. The van der Waals surface area contributed by atoms with Gasteiger partial charge in [-0.05, 0) is 64.7 Å². The largest absolute Gasteiger partial charge is 0.465 e. The Bertz CT molecular complexity index is 814. The number of nitrogens with zero attached hydrogens (tertiary/aromatic N) is 1. The fraction of sp³-hybridized carbons (Fsp3) is 0.600. The minimum atomic E-state index is -3.83. The molecule has 0 spiro atoms. The summed E-state index contributed by atoms with van der Waals surface area (Å²) in [5, 5.41) is 2.63. The highest BCUT2D eigenvalue weighted by molar-refractivity contribution is 7.89. The number of esters is 1. The average Bonchev–Trinajstić information content (AvgIpc) is 2.65. The number of sulfonamides is 1. The summed E-state index contributed by atoms with van der Waals surface area (Å²) in [5.74, 6) is -0.506. The summed E-state index contributed by atoms with van der Waals surface area (Å²) >= 11 is 0. The molecule has 0 radical (unpaired) electrons. The number of alkyl carbamates (subject to hydrolysis) is 1. The van der Waals surface area contributed by atoms with Crippen LogP contribution in [0.1, 0.15) is 52.5 Å². The number of carbonyl (C=O) groups is 2. The number of hydrogen-bond donors (Lipinski definition) is 1. The van der Waals surface area contributed by atoms with Crippen molar-refractivity contribution in [2.75, 3.05) is 13.2 Å². The van der Waals surface area contributed by atoms with Crippen molar-refractivity contribution in [2.45, 2.75) is 70.0 Å². The standard InChI is InChI=1S/C20H30N2O6S/c1-5-27-18(23)17-8-6-7-13-22(17)29(25,26)16-11-9-15(10-12-16)14-21-19(24)28-20(2,3)4/h9-12,17H,5-8,13-14H2,1-4H3,(H,21,24)/t17-/m1/s1. The molecule has 0 unspecified atom stereocenters. The second-order valence-electron chi connectivity index (χ2n) is 7.88. The van der Waals surface area contributed by atoms with Crippen LogP contribution >= 0.6 is 0 Å². The number of amides is 1. The van der Waals surface area contributed by atoms with E-state index in [1.807, 2.05) is 0 Å². The molecule has 0 bridgehead atoms. The van der Waals surface area contributed by atoms with Gasteiger partial charge in [-0.2, -0.15) is 4.31 Å². The van der Waals surface area contributed by atoms with Crippen LogP contribution in [0.5, 0.6) is 0 Å². The van der Waals surface area contributed by atoms with Gasteiger partial charge in [0.25, 0.3) is 0 Å². The average molecular weight is 427 g/mol. The van der Waals surface area contributed by atoms with E-state index in [9.17, 15) is 18.0 Å². The summed E-state index contributed by atoms with van der Waals surface area (Å²) in [6.07, 6.45) is 1.40. The van der Waals surface area contributed by atoms with Crippen LogP contribution in [0.15, 0.2) is 29.2 Å². The van der Waals surface area contributed by atoms with Gasteiger partial charge in [0.05, 0.1) is 11.5 Å². The Morgan fingerprint density at radius 1 is 1.17 bits per heavy atom. The van der Waals surface area contributed by atoms with Gasteiger partial charge in [-0.15, -0.1) is 0 Å². The third-order valence-corrected chi connectivity index (χ3v) is 6.30. The van der Waals surface area contributed by atoms with Crippen molar-refractivity contribution in [1.29, 1.82) is 0 Å². The number of piperidine rings is 1. The summed E-state index contributed by atoms with van der Waals surface area (Å²) < 4.78 is 37.6. The SMILES string of the molecule is CCOC(=O)[C@H]1CCCCN1S(=O)(=O)c1ccc(CNC(=O)OC(C)(C)C)cc1. The van der Waals surface area contributed by atoms with E-state index in [-0.39, 0.29) is 24.6 Å². The Labute approximate surface area is 172 Å². The Balaban J connectivity index is 2.08. The minimum absolute atomic E-state index is 0.106. The third kappa shape index (κ3) is 6.43. The summed E-state index contributed by atoms with van der Waals surface area (Å²) in [7, 11) is -3.83. The van der Waals surface area contributed by atoms with Crippen molar-refractivity contribution in [3.63, 3.8) is 0 Å². The van der Waals surface area contributed by atoms with Gasteiger partial charge in [0.2, 0.25) is 10.0 Å². The zero-order chi connectivity index (χ0) is 21.7. The molecule has 162 valence electrons. The molecule has 9 heteroatoms. The molecular weight excluding hydrogens is 396 g/mol. The predicted octanol–water partition coefficient (Wildman–Crippen LogP) is 2.82. The first-order valence-corrected chi connectivity index (χ1v) is 11.2. The lowest BCUT2D eigenvalue weighted by Crippen LogP contribution is -2.48. The molecule has 1 heterocycles. The fourth-order valence-electron chi connectivity index (χ4n) is 3.07. The van der Waals surface area contributed by atoms with Crippen LogP contribution in [0.25, 0.3) is 0 Å². The topological polar surface area (TPSA) is 102 Å². The molecule has 8 nitrogen and oxygen atoms in total. The smallest absolute Gasteiger partial charge is 0.407 e. The molecule has 0 aromatic heterocycles. The molecule has 1 N–H and O–H groups in total. The van der Waals surface area contributed by atoms with Crippen molar-refractivity contribution in [2.24, 2.45) is 0 Å². The van der Waals surface area contributed by atoms with E-state index in [4.69, 9.17) is 9.47 Å². The number of ether oxygens (including phenoxy) is 2. The van der Waals surface area contributed by atoms with Crippen LogP contribution in [-0.4, -0.2) is 49.6 Å². The van der Waals surface area contributed by atoms with Crippen LogP contribution in [0.3, 0.4) is 0 Å². The molecule has 1 aliphatic rings. The molecular formula is C20H30N2O6S. The maximum absolute atomic E-state index is 13.1. The number of carbonyl (C=O) groups excluding carboxylic acids is 2. The Kier molecular flexibility index (Phi) is 7.65. The van der Waals surface area contributed by atoms with Gasteiger partial charge in [-0.3, -0.25) is 4.79 Å². The number of nitrogens with one attached hydrogen (secondary N) is 1. The van der Waals surface area contributed by atoms with Crippen molar-refractivity contribution < 1.29 is 27.5 Å². The third-order valence-electron chi connectivity index (χ3n) is 4.38. The van der Waals surface area contributed by atoms with Crippen LogP contribution in [0.2, 0.25) is 0 Å². The van der Waals surface area contributed by atoms with E-state index >= 15 is 0 Å². The van der Waals surface area contributed by atoms with Gasteiger partial charge in [-0.1, -0.05) is 12.1 Å². The minimum Gasteiger partial charge on any atom is -0.465 e. The highest BCUT2D eigenvalue weighted by Gasteiger charge is 2.38. The molecule has 29 heavy (non-hydrogen) atoms. The molecule has 1 fully saturated rings. The maximum Gasteiger partial charge on any atom is 0.407 e. The molecule has 1 saturated heterocycles. The van der Waals surface area contributed by atoms with Crippen LogP contribution in [0.4, 0.5) is 4.79 Å². The first-order chi connectivity index (χ1) is 13.5. The van der Waals surface area contributed by atoms with E-state index in [0.29, 0.717) is 12.8 Å². The summed E-state index contributed by atoms with van der Waals surface area (Å²) in [6, 6.07) is 5.44. The molecule has 1 amide bonds. The van der Waals surface area contributed by atoms with Gasteiger partial charge in [0.1, 0.15) is 11.6 Å². The summed E-state index contributed by atoms with van der Waals surface area (Å²) in [4.78, 5) is 24.1. The second kappa shape index (κ2) is 9.58. The van der Waals surface area contributed by atoms with Gasteiger partial charge in [0, 0.05) is 13.1 Å². The van der Waals surface area contributed by atoms with E-state index in [1.54, 1.807) is 39.8 Å². The lowest BCUT2D eigenvalue weighted by atomic mass is 10.1. The quantitative estimate of drug-likeness (QED) is 0.702. The van der Waals surface area contributed by atoms with E-state index in [0.717, 1.165) is 12.0 Å². The maximum atomic E-state index is 13.1. The predicted molar refractivity (Wildman–Crippen MR) is 108 cm³/mol. The molecule has 0 aliphatic carbocycles. The Hall–Kier alpha value is -2.13. The molecule has 1 aliphatic heterocycles. The van der Waals surface area contributed by atoms with Gasteiger partial charge in [0.15, 0.2) is 0 Å². The second-order valence-corrected chi connectivity index (χ2v) is 9.77. The summed E-state index contributed by atoms with van der Waals surface area (Å²) in [6.45, 7) is 7.73. The van der Waals surface area contributed by atoms with E-state index < -0.39 is 33.7 Å². The number of hydrogen-bond acceptors (Lipinski definition) is 6. The van der Waals surface area contributed by atoms with Crippen molar-refractivity contribution in [1.82, 2.24) is 9.62 Å². The lowest BCUT2D eigenvalue weighted by Gasteiger charge is -2.32. The van der Waals surface area contributed by atoms with Crippen molar-refractivity contribution in [3.05, 3.63) is 29.8 Å². The molecule has 1 aromatic carbocycles. The van der Waals surface area contributed by atoms with Crippen LogP contribution < -0.4 is 5.32 Å². The zero-order valence-electron chi connectivity index (χ0n) is 17.4.